The minimum absolute atomic E-state index is 0.132. The molecule has 0 spiro atoms. The van der Waals surface area contributed by atoms with Crippen LogP contribution < -0.4 is 10.6 Å². The van der Waals surface area contributed by atoms with Crippen molar-refractivity contribution in [3.05, 3.63) is 59.9 Å². The van der Waals surface area contributed by atoms with Gasteiger partial charge in [0.25, 0.3) is 0 Å². The van der Waals surface area contributed by atoms with Gasteiger partial charge in [0.15, 0.2) is 0 Å². The second kappa shape index (κ2) is 9.37. The summed E-state index contributed by atoms with van der Waals surface area (Å²) < 4.78 is 40.9. The molecule has 6 nitrogen and oxygen atoms in total. The second-order valence-electron chi connectivity index (χ2n) is 7.08. The van der Waals surface area contributed by atoms with E-state index in [0.717, 1.165) is 13.0 Å². The van der Waals surface area contributed by atoms with Gasteiger partial charge in [0.05, 0.1) is 4.90 Å². The number of sulfonamides is 1. The maximum Gasteiger partial charge on any atom is 0.243 e. The van der Waals surface area contributed by atoms with Gasteiger partial charge < -0.3 is 10.6 Å². The average Bonchev–Trinajstić information content (AvgIpc) is 3.22. The zero-order valence-electron chi connectivity index (χ0n) is 16.4. The summed E-state index contributed by atoms with van der Waals surface area (Å²) in [6.45, 7) is 3.18. The van der Waals surface area contributed by atoms with Crippen molar-refractivity contribution in [2.24, 2.45) is 0 Å². The summed E-state index contributed by atoms with van der Waals surface area (Å²) in [6.07, 6.45) is 2.00. The van der Waals surface area contributed by atoms with Crippen molar-refractivity contribution < 1.29 is 17.6 Å². The minimum Gasteiger partial charge on any atom is -0.385 e. The number of nitrogens with zero attached hydrogens (tertiary/aromatic N) is 1. The lowest BCUT2D eigenvalue weighted by molar-refractivity contribution is -0.124. The Morgan fingerprint density at radius 1 is 1.21 bits per heavy atom. The van der Waals surface area contributed by atoms with Gasteiger partial charge in [-0.05, 0) is 55.2 Å². The molecular formula is C21H26FN3O3S. The molecule has 1 heterocycles. The lowest BCUT2D eigenvalue weighted by Gasteiger charge is -2.23. The maximum atomic E-state index is 13.8. The molecule has 1 fully saturated rings. The van der Waals surface area contributed by atoms with Gasteiger partial charge in [0, 0.05) is 25.3 Å². The summed E-state index contributed by atoms with van der Waals surface area (Å²) in [6, 6.07) is 11.9. The van der Waals surface area contributed by atoms with E-state index in [0.29, 0.717) is 30.6 Å². The van der Waals surface area contributed by atoms with Crippen molar-refractivity contribution in [3.8, 4) is 0 Å². The molecule has 0 radical (unpaired) electrons. The minimum atomic E-state index is -3.74. The molecule has 0 aliphatic carbocycles. The van der Waals surface area contributed by atoms with E-state index in [1.165, 1.54) is 28.6 Å². The highest BCUT2D eigenvalue weighted by Crippen LogP contribution is 2.26. The number of hydrogen-bond acceptors (Lipinski definition) is 4. The fourth-order valence-electron chi connectivity index (χ4n) is 3.45. The predicted molar refractivity (Wildman–Crippen MR) is 110 cm³/mol. The highest BCUT2D eigenvalue weighted by atomic mass is 32.2. The van der Waals surface area contributed by atoms with E-state index in [4.69, 9.17) is 0 Å². The van der Waals surface area contributed by atoms with Gasteiger partial charge in [0.1, 0.15) is 11.9 Å². The summed E-state index contributed by atoms with van der Waals surface area (Å²) >= 11 is 0. The number of nitrogens with one attached hydrogen (secondary N) is 2. The zero-order chi connectivity index (χ0) is 20.9. The third-order valence-electron chi connectivity index (χ3n) is 4.86. The molecule has 0 bridgehead atoms. The molecule has 1 amide bonds. The SMILES string of the molecule is CCCNc1cc(F)cc(CNC(=O)[C@@H]2CCCN2S(=O)(=O)c2ccccc2)c1. The number of carbonyl (C=O) groups excluding carboxylic acids is 1. The number of rotatable bonds is 8. The molecule has 2 aromatic rings. The average molecular weight is 420 g/mol. The maximum absolute atomic E-state index is 13.8. The van der Waals surface area contributed by atoms with Gasteiger partial charge in [-0.2, -0.15) is 4.31 Å². The first-order chi connectivity index (χ1) is 13.9. The fraction of sp³-hybridized carbons (Fsp3) is 0.381. The number of benzene rings is 2. The molecule has 1 aliphatic heterocycles. The molecule has 1 aliphatic rings. The summed E-state index contributed by atoms with van der Waals surface area (Å²) in [5.74, 6) is -0.751. The van der Waals surface area contributed by atoms with Crippen molar-refractivity contribution in [1.29, 1.82) is 0 Å². The van der Waals surface area contributed by atoms with Gasteiger partial charge in [-0.15, -0.1) is 0 Å². The van der Waals surface area contributed by atoms with E-state index in [-0.39, 0.29) is 23.2 Å². The number of anilines is 1. The van der Waals surface area contributed by atoms with Crippen LogP contribution in [0.25, 0.3) is 0 Å². The highest BCUT2D eigenvalue weighted by Gasteiger charge is 2.39. The summed E-state index contributed by atoms with van der Waals surface area (Å²) in [7, 11) is -3.74. The van der Waals surface area contributed by atoms with Crippen LogP contribution in [0.5, 0.6) is 0 Å². The number of amides is 1. The summed E-state index contributed by atoms with van der Waals surface area (Å²) in [5, 5.41) is 5.89. The smallest absolute Gasteiger partial charge is 0.243 e. The van der Waals surface area contributed by atoms with Crippen molar-refractivity contribution in [2.45, 2.75) is 43.7 Å². The van der Waals surface area contributed by atoms with E-state index in [1.54, 1.807) is 24.3 Å². The van der Waals surface area contributed by atoms with Crippen LogP contribution in [0.2, 0.25) is 0 Å². The molecule has 1 saturated heterocycles. The Morgan fingerprint density at radius 2 is 1.97 bits per heavy atom. The Hall–Kier alpha value is -2.45. The quantitative estimate of drug-likeness (QED) is 0.689. The van der Waals surface area contributed by atoms with Crippen LogP contribution in [0.1, 0.15) is 31.7 Å². The van der Waals surface area contributed by atoms with Crippen molar-refractivity contribution >= 4 is 21.6 Å². The Bertz CT molecular complexity index is 951. The van der Waals surface area contributed by atoms with Crippen molar-refractivity contribution in [1.82, 2.24) is 9.62 Å². The summed E-state index contributed by atoms with van der Waals surface area (Å²) in [4.78, 5) is 12.9. The van der Waals surface area contributed by atoms with Crippen molar-refractivity contribution in [3.63, 3.8) is 0 Å². The Morgan fingerprint density at radius 3 is 2.69 bits per heavy atom. The molecule has 2 N–H and O–H groups in total. The van der Waals surface area contributed by atoms with Crippen LogP contribution >= 0.6 is 0 Å². The molecule has 156 valence electrons. The van der Waals surface area contributed by atoms with Crippen LogP contribution in [0, 0.1) is 5.82 Å². The van der Waals surface area contributed by atoms with Gasteiger partial charge in [-0.25, -0.2) is 12.8 Å². The first-order valence-electron chi connectivity index (χ1n) is 9.79. The van der Waals surface area contributed by atoms with Crippen LogP contribution in [0.3, 0.4) is 0 Å². The molecule has 0 saturated carbocycles. The van der Waals surface area contributed by atoms with Gasteiger partial charge in [-0.3, -0.25) is 4.79 Å². The second-order valence-corrected chi connectivity index (χ2v) is 8.97. The zero-order valence-corrected chi connectivity index (χ0v) is 17.2. The van der Waals surface area contributed by atoms with Crippen LogP contribution in [0.4, 0.5) is 10.1 Å². The van der Waals surface area contributed by atoms with E-state index >= 15 is 0 Å². The lowest BCUT2D eigenvalue weighted by Crippen LogP contribution is -2.45. The first kappa shape index (κ1) is 21.3. The van der Waals surface area contributed by atoms with Gasteiger partial charge >= 0.3 is 0 Å². The van der Waals surface area contributed by atoms with Crippen LogP contribution in [-0.4, -0.2) is 37.8 Å². The van der Waals surface area contributed by atoms with Gasteiger partial charge in [0.2, 0.25) is 15.9 Å². The Balaban J connectivity index is 1.68. The standard InChI is InChI=1S/C21H26FN3O3S/c1-2-10-23-18-13-16(12-17(22)14-18)15-24-21(26)20-9-6-11-25(20)29(27,28)19-7-4-3-5-8-19/h3-5,7-8,12-14,20,23H,2,6,9-11,15H2,1H3,(H,24,26)/t20-/m0/s1. The third kappa shape index (κ3) is 5.13. The topological polar surface area (TPSA) is 78.5 Å². The Kier molecular flexibility index (Phi) is 6.87. The predicted octanol–water partition coefficient (Wildman–Crippen LogP) is 3.12. The molecule has 1 atom stereocenters. The summed E-state index contributed by atoms with van der Waals surface area (Å²) in [5.41, 5.74) is 1.28. The molecule has 29 heavy (non-hydrogen) atoms. The largest absolute Gasteiger partial charge is 0.385 e. The van der Waals surface area contributed by atoms with E-state index in [9.17, 15) is 17.6 Å². The van der Waals surface area contributed by atoms with Gasteiger partial charge in [-0.1, -0.05) is 25.1 Å². The number of hydrogen-bond donors (Lipinski definition) is 2. The molecule has 3 rings (SSSR count). The molecule has 2 aromatic carbocycles. The Labute approximate surface area is 171 Å². The first-order valence-corrected chi connectivity index (χ1v) is 11.2. The van der Waals surface area contributed by atoms with Crippen LogP contribution in [-0.2, 0) is 21.4 Å². The van der Waals surface area contributed by atoms with Crippen LogP contribution in [0.15, 0.2) is 53.4 Å². The number of halogens is 1. The molecule has 0 aromatic heterocycles. The lowest BCUT2D eigenvalue weighted by atomic mass is 10.1. The number of carbonyl (C=O) groups is 1. The van der Waals surface area contributed by atoms with E-state index in [1.807, 2.05) is 6.92 Å². The van der Waals surface area contributed by atoms with E-state index < -0.39 is 16.1 Å². The monoisotopic (exact) mass is 419 g/mol. The van der Waals surface area contributed by atoms with Crippen molar-refractivity contribution in [2.75, 3.05) is 18.4 Å². The molecule has 0 unspecified atom stereocenters. The third-order valence-corrected chi connectivity index (χ3v) is 6.78. The normalized spacial score (nSPS) is 17.2. The molecule has 8 heteroatoms. The molecular weight excluding hydrogens is 393 g/mol. The fourth-order valence-corrected chi connectivity index (χ4v) is 5.13. The van der Waals surface area contributed by atoms with E-state index in [2.05, 4.69) is 10.6 Å². The highest BCUT2D eigenvalue weighted by molar-refractivity contribution is 7.89.